The molecular formula is C16H24N2O2. The molecule has 20 heavy (non-hydrogen) atoms. The largest absolute Gasteiger partial charge is 0.490 e. The van der Waals surface area contributed by atoms with Crippen LogP contribution in [-0.2, 0) is 6.42 Å². The third-order valence-electron chi connectivity index (χ3n) is 4.52. The van der Waals surface area contributed by atoms with Crippen molar-refractivity contribution < 1.29 is 9.84 Å². The summed E-state index contributed by atoms with van der Waals surface area (Å²) < 4.78 is 5.77. The maximum atomic E-state index is 8.91. The highest BCUT2D eigenvalue weighted by molar-refractivity contribution is 5.24. The highest BCUT2D eigenvalue weighted by atomic mass is 16.5. The number of aromatic nitrogens is 1. The molecule has 1 saturated heterocycles. The second kappa shape index (κ2) is 6.55. The Balaban J connectivity index is 1.42. The summed E-state index contributed by atoms with van der Waals surface area (Å²) in [5.41, 5.74) is 1.26. The number of pyridine rings is 1. The molecule has 2 N–H and O–H groups in total. The molecule has 0 spiro atoms. The lowest BCUT2D eigenvalue weighted by Gasteiger charge is -2.27. The van der Waals surface area contributed by atoms with Crippen molar-refractivity contribution in [2.24, 2.45) is 11.8 Å². The van der Waals surface area contributed by atoms with Gasteiger partial charge in [0.05, 0.1) is 6.20 Å². The van der Waals surface area contributed by atoms with Gasteiger partial charge in [0.25, 0.3) is 0 Å². The molecule has 0 bridgehead atoms. The van der Waals surface area contributed by atoms with Gasteiger partial charge in [-0.2, -0.15) is 0 Å². The molecule has 2 heterocycles. The van der Waals surface area contributed by atoms with Gasteiger partial charge in [0.1, 0.15) is 12.4 Å². The van der Waals surface area contributed by atoms with Gasteiger partial charge < -0.3 is 15.2 Å². The number of hydrogen-bond donors (Lipinski definition) is 2. The van der Waals surface area contributed by atoms with Crippen molar-refractivity contribution in [2.75, 3.05) is 19.8 Å². The van der Waals surface area contributed by atoms with E-state index in [1.807, 2.05) is 6.20 Å². The zero-order chi connectivity index (χ0) is 13.8. The smallest absolute Gasteiger partial charge is 0.137 e. The summed E-state index contributed by atoms with van der Waals surface area (Å²) in [6.07, 6.45) is 9.49. The lowest BCUT2D eigenvalue weighted by Crippen LogP contribution is -2.46. The predicted molar refractivity (Wildman–Crippen MR) is 77.8 cm³/mol. The molecule has 0 radical (unpaired) electrons. The van der Waals surface area contributed by atoms with Gasteiger partial charge in [-0.3, -0.25) is 4.98 Å². The number of nitrogens with zero attached hydrogens (tertiary/aromatic N) is 1. The van der Waals surface area contributed by atoms with Gasteiger partial charge >= 0.3 is 0 Å². The standard InChI is InChI=1S/C16H24N2O2/c19-6-4-14-8-13(14)2-1-12-7-16(10-17-9-12)20-11-15-3-5-18-15/h7,9-10,13-15,18-19H,1-6,8,11H2. The molecule has 1 saturated carbocycles. The van der Waals surface area contributed by atoms with Gasteiger partial charge in [-0.05, 0) is 62.1 Å². The first kappa shape index (κ1) is 13.8. The third kappa shape index (κ3) is 3.70. The third-order valence-corrected chi connectivity index (χ3v) is 4.52. The molecule has 0 aromatic carbocycles. The molecule has 2 aliphatic rings. The van der Waals surface area contributed by atoms with Crippen LogP contribution in [0.15, 0.2) is 18.5 Å². The maximum absolute atomic E-state index is 8.91. The Morgan fingerprint density at radius 3 is 2.90 bits per heavy atom. The molecule has 1 aromatic rings. The van der Waals surface area contributed by atoms with E-state index in [0.717, 1.165) is 43.6 Å². The number of nitrogens with one attached hydrogen (secondary N) is 1. The van der Waals surface area contributed by atoms with Crippen LogP contribution >= 0.6 is 0 Å². The molecule has 0 amide bonds. The summed E-state index contributed by atoms with van der Waals surface area (Å²) in [6, 6.07) is 2.64. The molecule has 4 heteroatoms. The van der Waals surface area contributed by atoms with Crippen LogP contribution in [0.1, 0.15) is 31.2 Å². The number of rotatable bonds is 8. The van der Waals surface area contributed by atoms with Crippen LogP contribution in [0.5, 0.6) is 5.75 Å². The zero-order valence-electron chi connectivity index (χ0n) is 11.9. The fourth-order valence-electron chi connectivity index (χ4n) is 2.90. The Bertz CT molecular complexity index is 434. The van der Waals surface area contributed by atoms with Crippen molar-refractivity contribution in [3.05, 3.63) is 24.0 Å². The summed E-state index contributed by atoms with van der Waals surface area (Å²) in [4.78, 5) is 4.27. The first-order valence-corrected chi connectivity index (χ1v) is 7.76. The first-order chi connectivity index (χ1) is 9.85. The molecule has 3 unspecified atom stereocenters. The zero-order valence-corrected chi connectivity index (χ0v) is 11.9. The van der Waals surface area contributed by atoms with E-state index in [4.69, 9.17) is 9.84 Å². The summed E-state index contributed by atoms with van der Waals surface area (Å²) in [6.45, 7) is 2.19. The van der Waals surface area contributed by atoms with Crippen molar-refractivity contribution in [2.45, 2.75) is 38.1 Å². The van der Waals surface area contributed by atoms with E-state index in [1.54, 1.807) is 6.20 Å². The predicted octanol–water partition coefficient (Wildman–Crippen LogP) is 1.77. The van der Waals surface area contributed by atoms with Crippen molar-refractivity contribution in [3.63, 3.8) is 0 Å². The Hall–Kier alpha value is -1.13. The van der Waals surface area contributed by atoms with Gasteiger partial charge in [0.2, 0.25) is 0 Å². The van der Waals surface area contributed by atoms with E-state index in [9.17, 15) is 0 Å². The van der Waals surface area contributed by atoms with Crippen LogP contribution in [0.2, 0.25) is 0 Å². The van der Waals surface area contributed by atoms with E-state index in [-0.39, 0.29) is 0 Å². The molecule has 1 aliphatic heterocycles. The minimum absolute atomic E-state index is 0.335. The van der Waals surface area contributed by atoms with Crippen molar-refractivity contribution in [1.29, 1.82) is 0 Å². The van der Waals surface area contributed by atoms with Crippen LogP contribution in [0.4, 0.5) is 0 Å². The lowest BCUT2D eigenvalue weighted by atomic mass is 10.1. The molecule has 110 valence electrons. The van der Waals surface area contributed by atoms with Crippen LogP contribution < -0.4 is 10.1 Å². The Morgan fingerprint density at radius 2 is 2.15 bits per heavy atom. The second-order valence-electron chi connectivity index (χ2n) is 6.09. The second-order valence-corrected chi connectivity index (χ2v) is 6.09. The topological polar surface area (TPSA) is 54.4 Å². The molecule has 1 aromatic heterocycles. The molecule has 1 aliphatic carbocycles. The monoisotopic (exact) mass is 276 g/mol. The highest BCUT2D eigenvalue weighted by Crippen LogP contribution is 2.44. The number of aliphatic hydroxyl groups is 1. The van der Waals surface area contributed by atoms with Gasteiger partial charge in [-0.15, -0.1) is 0 Å². The fraction of sp³-hybridized carbons (Fsp3) is 0.688. The van der Waals surface area contributed by atoms with Crippen LogP contribution in [0.3, 0.4) is 0 Å². The average Bonchev–Trinajstić information content (AvgIpc) is 3.14. The van der Waals surface area contributed by atoms with Gasteiger partial charge in [0.15, 0.2) is 0 Å². The summed E-state index contributed by atoms with van der Waals surface area (Å²) in [5, 5.41) is 12.2. The Kier molecular flexibility index (Phi) is 4.53. The fourth-order valence-corrected chi connectivity index (χ4v) is 2.90. The van der Waals surface area contributed by atoms with E-state index >= 15 is 0 Å². The normalized spacial score (nSPS) is 27.9. The highest BCUT2D eigenvalue weighted by Gasteiger charge is 2.35. The SMILES string of the molecule is OCCC1CC1CCc1cncc(OCC2CCN2)c1. The van der Waals surface area contributed by atoms with E-state index < -0.39 is 0 Å². The number of ether oxygens (including phenoxy) is 1. The average molecular weight is 276 g/mol. The van der Waals surface area contributed by atoms with Gasteiger partial charge in [0, 0.05) is 18.8 Å². The van der Waals surface area contributed by atoms with Gasteiger partial charge in [-0.1, -0.05) is 0 Å². The van der Waals surface area contributed by atoms with Crippen molar-refractivity contribution >= 4 is 0 Å². The van der Waals surface area contributed by atoms with E-state index in [2.05, 4.69) is 16.4 Å². The minimum Gasteiger partial charge on any atom is -0.490 e. The summed E-state index contributed by atoms with van der Waals surface area (Å²) >= 11 is 0. The Morgan fingerprint density at radius 1 is 1.30 bits per heavy atom. The number of aliphatic hydroxyl groups excluding tert-OH is 1. The minimum atomic E-state index is 0.335. The quantitative estimate of drug-likeness (QED) is 0.760. The van der Waals surface area contributed by atoms with Crippen molar-refractivity contribution in [1.82, 2.24) is 10.3 Å². The van der Waals surface area contributed by atoms with E-state index in [1.165, 1.54) is 24.8 Å². The van der Waals surface area contributed by atoms with Crippen molar-refractivity contribution in [3.8, 4) is 5.75 Å². The van der Waals surface area contributed by atoms with E-state index in [0.29, 0.717) is 12.6 Å². The molecule has 3 rings (SSSR count). The molecular weight excluding hydrogens is 252 g/mol. The maximum Gasteiger partial charge on any atom is 0.137 e. The first-order valence-electron chi connectivity index (χ1n) is 7.76. The Labute approximate surface area is 120 Å². The number of hydrogen-bond acceptors (Lipinski definition) is 4. The van der Waals surface area contributed by atoms with Crippen LogP contribution in [0.25, 0.3) is 0 Å². The van der Waals surface area contributed by atoms with Gasteiger partial charge in [-0.25, -0.2) is 0 Å². The lowest BCUT2D eigenvalue weighted by molar-refractivity contribution is 0.217. The van der Waals surface area contributed by atoms with Crippen LogP contribution in [0, 0.1) is 11.8 Å². The summed E-state index contributed by atoms with van der Waals surface area (Å²) in [5.74, 6) is 2.46. The molecule has 4 nitrogen and oxygen atoms in total. The molecule has 2 fully saturated rings. The number of aryl methyl sites for hydroxylation is 1. The summed E-state index contributed by atoms with van der Waals surface area (Å²) in [7, 11) is 0. The van der Waals surface area contributed by atoms with Crippen LogP contribution in [-0.4, -0.2) is 35.9 Å². The molecule has 3 atom stereocenters.